The van der Waals surface area contributed by atoms with E-state index in [1.807, 2.05) is 0 Å². The number of carbonyl (C=O) groups excluding carboxylic acids is 1. The molecule has 1 fully saturated rings. The van der Waals surface area contributed by atoms with Crippen molar-refractivity contribution in [3.63, 3.8) is 0 Å². The van der Waals surface area contributed by atoms with Crippen molar-refractivity contribution in [1.82, 2.24) is 19.5 Å². The Morgan fingerprint density at radius 2 is 2.16 bits per heavy atom. The standard InChI is InChI=1S/C20H24FN5O6/c1-4-7-12(27)31-8-20(21)14(11(5-2)17(28)29)19(30,6-3)18(32-20)26-10-25-13-15(22)23-9-24-16(13)26/h3,9-11,14,18,30H,4-5,7-8H2,1-2H3,(H,28,29)(H2,22,23,24)/t11-,14-,18+,19-,20?/m0/s1. The van der Waals surface area contributed by atoms with Gasteiger partial charge in [0.25, 0.3) is 5.85 Å². The third-order valence-electron chi connectivity index (χ3n) is 5.54. The lowest BCUT2D eigenvalue weighted by molar-refractivity contribution is -0.212. The summed E-state index contributed by atoms with van der Waals surface area (Å²) in [4.78, 5) is 35.7. The average molecular weight is 449 g/mol. The number of nitrogens with zero attached hydrogens (tertiary/aromatic N) is 4. The molecule has 2 aromatic rings. The second kappa shape index (κ2) is 8.68. The number of carbonyl (C=O) groups is 2. The molecular weight excluding hydrogens is 425 g/mol. The van der Waals surface area contributed by atoms with E-state index in [0.29, 0.717) is 6.42 Å². The third-order valence-corrected chi connectivity index (χ3v) is 5.54. The van der Waals surface area contributed by atoms with Crippen LogP contribution in [0.4, 0.5) is 10.2 Å². The minimum absolute atomic E-state index is 0.0298. The Bertz CT molecular complexity index is 1070. The van der Waals surface area contributed by atoms with E-state index in [-0.39, 0.29) is 29.8 Å². The van der Waals surface area contributed by atoms with Crippen molar-refractivity contribution in [3.8, 4) is 12.3 Å². The molecule has 3 heterocycles. The Balaban J connectivity index is 2.13. The van der Waals surface area contributed by atoms with Crippen molar-refractivity contribution in [2.75, 3.05) is 12.3 Å². The molecule has 12 heteroatoms. The first-order valence-electron chi connectivity index (χ1n) is 10.0. The van der Waals surface area contributed by atoms with E-state index in [2.05, 4.69) is 20.9 Å². The summed E-state index contributed by atoms with van der Waals surface area (Å²) in [6.07, 6.45) is 6.70. The maximum absolute atomic E-state index is 16.3. The SMILES string of the molecule is C#C[C@]1(O)[C@H]([C@H](CC)C(=O)O)C(F)(COC(=O)CCC)O[C@H]1n1cnc2c(N)ncnc21. The molecule has 1 saturated heterocycles. The normalized spacial score (nSPS) is 28.3. The summed E-state index contributed by atoms with van der Waals surface area (Å²) in [5, 5.41) is 21.2. The number of imidazole rings is 1. The predicted molar refractivity (Wildman–Crippen MR) is 108 cm³/mol. The summed E-state index contributed by atoms with van der Waals surface area (Å²) in [7, 11) is 0. The number of hydrogen-bond donors (Lipinski definition) is 3. The Morgan fingerprint density at radius 1 is 1.44 bits per heavy atom. The first-order valence-corrected chi connectivity index (χ1v) is 10.0. The average Bonchev–Trinajstić information content (AvgIpc) is 3.27. The van der Waals surface area contributed by atoms with Crippen molar-refractivity contribution >= 4 is 28.9 Å². The van der Waals surface area contributed by atoms with Crippen LogP contribution >= 0.6 is 0 Å². The molecule has 0 aliphatic carbocycles. The molecule has 0 bridgehead atoms. The van der Waals surface area contributed by atoms with Crippen molar-refractivity contribution in [2.45, 2.75) is 50.8 Å². The number of nitrogens with two attached hydrogens (primary N) is 1. The first-order chi connectivity index (χ1) is 15.1. The molecular formula is C20H24FN5O6. The number of rotatable bonds is 8. The van der Waals surface area contributed by atoms with E-state index >= 15 is 4.39 Å². The lowest BCUT2D eigenvalue weighted by atomic mass is 9.74. The van der Waals surface area contributed by atoms with Gasteiger partial charge >= 0.3 is 11.9 Å². The molecule has 1 aliphatic heterocycles. The van der Waals surface area contributed by atoms with E-state index in [1.54, 1.807) is 6.92 Å². The van der Waals surface area contributed by atoms with Crippen LogP contribution < -0.4 is 5.73 Å². The van der Waals surface area contributed by atoms with Gasteiger partial charge in [0.05, 0.1) is 18.2 Å². The fraction of sp³-hybridized carbons (Fsp3) is 0.550. The van der Waals surface area contributed by atoms with Crippen LogP contribution in [0.15, 0.2) is 12.7 Å². The van der Waals surface area contributed by atoms with Gasteiger partial charge in [-0.15, -0.1) is 6.42 Å². The number of anilines is 1. The second-order valence-corrected chi connectivity index (χ2v) is 7.55. The summed E-state index contributed by atoms with van der Waals surface area (Å²) in [6.45, 7) is 2.29. The number of aromatic nitrogens is 4. The van der Waals surface area contributed by atoms with Gasteiger partial charge in [0.2, 0.25) is 0 Å². The Hall–Kier alpha value is -3.30. The number of esters is 1. The monoisotopic (exact) mass is 449 g/mol. The van der Waals surface area contributed by atoms with Crippen molar-refractivity contribution < 1.29 is 33.7 Å². The number of ether oxygens (including phenoxy) is 2. The fourth-order valence-electron chi connectivity index (χ4n) is 4.04. The molecule has 0 saturated carbocycles. The Kier molecular flexibility index (Phi) is 6.34. The van der Waals surface area contributed by atoms with Gasteiger partial charge in [-0.25, -0.2) is 19.3 Å². The zero-order valence-electron chi connectivity index (χ0n) is 17.6. The number of fused-ring (bicyclic) bond motifs is 1. The van der Waals surface area contributed by atoms with Crippen LogP contribution in [0.1, 0.15) is 39.3 Å². The summed E-state index contributed by atoms with van der Waals surface area (Å²) in [6, 6.07) is 0. The van der Waals surface area contributed by atoms with E-state index in [0.717, 1.165) is 10.9 Å². The van der Waals surface area contributed by atoms with Crippen molar-refractivity contribution in [2.24, 2.45) is 11.8 Å². The summed E-state index contributed by atoms with van der Waals surface area (Å²) < 4.78 is 28.0. The highest BCUT2D eigenvalue weighted by Crippen LogP contribution is 2.54. The highest BCUT2D eigenvalue weighted by Gasteiger charge is 2.68. The number of aliphatic hydroxyl groups is 1. The highest BCUT2D eigenvalue weighted by atomic mass is 19.2. The molecule has 11 nitrogen and oxygen atoms in total. The van der Waals surface area contributed by atoms with Crippen LogP contribution in [0, 0.1) is 24.2 Å². The molecule has 4 N–H and O–H groups in total. The van der Waals surface area contributed by atoms with Crippen molar-refractivity contribution in [1.29, 1.82) is 0 Å². The van der Waals surface area contributed by atoms with Gasteiger partial charge in [0.15, 0.2) is 29.9 Å². The van der Waals surface area contributed by atoms with Crippen molar-refractivity contribution in [3.05, 3.63) is 12.7 Å². The van der Waals surface area contributed by atoms with Gasteiger partial charge in [-0.3, -0.25) is 14.2 Å². The van der Waals surface area contributed by atoms with Crippen LogP contribution in [0.25, 0.3) is 11.2 Å². The van der Waals surface area contributed by atoms with Gasteiger partial charge < -0.3 is 25.4 Å². The number of carboxylic acids is 1. The van der Waals surface area contributed by atoms with Gasteiger partial charge in [0.1, 0.15) is 11.8 Å². The minimum atomic E-state index is -2.91. The molecule has 1 aliphatic rings. The van der Waals surface area contributed by atoms with Crippen LogP contribution in [0.3, 0.4) is 0 Å². The molecule has 1 unspecified atom stereocenters. The lowest BCUT2D eigenvalue weighted by Crippen LogP contribution is -2.51. The Labute approximate surface area is 182 Å². The number of terminal acetylenes is 1. The number of alkyl halides is 1. The van der Waals surface area contributed by atoms with Crippen LogP contribution in [-0.4, -0.2) is 59.7 Å². The number of hydrogen-bond acceptors (Lipinski definition) is 9. The van der Waals surface area contributed by atoms with E-state index in [9.17, 15) is 19.8 Å². The Morgan fingerprint density at radius 3 is 2.75 bits per heavy atom. The molecule has 172 valence electrons. The maximum atomic E-state index is 16.3. The quantitative estimate of drug-likeness (QED) is 0.392. The number of carboxylic acid groups (broad SMARTS) is 1. The van der Waals surface area contributed by atoms with Gasteiger partial charge in [-0.1, -0.05) is 19.8 Å². The van der Waals surface area contributed by atoms with E-state index in [4.69, 9.17) is 21.6 Å². The van der Waals surface area contributed by atoms with Gasteiger partial charge in [-0.05, 0) is 12.8 Å². The number of halogens is 1. The summed E-state index contributed by atoms with van der Waals surface area (Å²) >= 11 is 0. The first kappa shape index (κ1) is 23.4. The molecule has 0 aromatic carbocycles. The van der Waals surface area contributed by atoms with Gasteiger partial charge in [0, 0.05) is 6.42 Å². The van der Waals surface area contributed by atoms with Gasteiger partial charge in [-0.2, -0.15) is 0 Å². The lowest BCUT2D eigenvalue weighted by Gasteiger charge is -2.34. The molecule has 3 rings (SSSR count). The number of aliphatic carboxylic acids is 1. The fourth-order valence-corrected chi connectivity index (χ4v) is 4.04. The number of nitrogen functional groups attached to an aromatic ring is 1. The van der Waals surface area contributed by atoms with Crippen LogP contribution in [-0.2, 0) is 19.1 Å². The zero-order valence-corrected chi connectivity index (χ0v) is 17.6. The zero-order chi connectivity index (χ0) is 23.7. The van der Waals surface area contributed by atoms with Crippen LogP contribution in [0.5, 0.6) is 0 Å². The minimum Gasteiger partial charge on any atom is -0.481 e. The largest absolute Gasteiger partial charge is 0.481 e. The van der Waals surface area contributed by atoms with E-state index < -0.39 is 48.1 Å². The third kappa shape index (κ3) is 3.74. The molecule has 0 radical (unpaired) electrons. The summed E-state index contributed by atoms with van der Waals surface area (Å²) in [5.41, 5.74) is 3.57. The van der Waals surface area contributed by atoms with Crippen LogP contribution in [0.2, 0.25) is 0 Å². The van der Waals surface area contributed by atoms with E-state index in [1.165, 1.54) is 13.3 Å². The molecule has 0 amide bonds. The molecule has 0 spiro atoms. The summed E-state index contributed by atoms with van der Waals surface area (Å²) in [5.74, 6) is -6.09. The maximum Gasteiger partial charge on any atom is 0.307 e. The second-order valence-electron chi connectivity index (χ2n) is 7.55. The molecule has 2 aromatic heterocycles. The topological polar surface area (TPSA) is 163 Å². The highest BCUT2D eigenvalue weighted by molar-refractivity contribution is 5.81. The molecule has 32 heavy (non-hydrogen) atoms. The smallest absolute Gasteiger partial charge is 0.307 e. The predicted octanol–water partition coefficient (Wildman–Crippen LogP) is 1.04. The molecule has 5 atom stereocenters.